The number of unbranched alkanes of at least 4 members (excludes halogenated alkanes) is 1. The molecule has 0 unspecified atom stereocenters. The van der Waals surface area contributed by atoms with E-state index in [0.717, 1.165) is 12.8 Å². The van der Waals surface area contributed by atoms with E-state index in [-0.39, 0.29) is 28.7 Å². The monoisotopic (exact) mass is 277 g/mol. The molecule has 2 amide bonds. The molecule has 0 radical (unpaired) electrons. The van der Waals surface area contributed by atoms with Gasteiger partial charge in [-0.05, 0) is 39.3 Å². The van der Waals surface area contributed by atoms with Gasteiger partial charge >= 0.3 is 0 Å². The van der Waals surface area contributed by atoms with E-state index < -0.39 is 0 Å². The quantitative estimate of drug-likeness (QED) is 0.810. The lowest BCUT2D eigenvalue weighted by Gasteiger charge is -2.20. The second kappa shape index (κ2) is 7.03. The van der Waals surface area contributed by atoms with E-state index in [1.807, 2.05) is 20.8 Å². The van der Waals surface area contributed by atoms with Gasteiger partial charge in [-0.15, -0.1) is 0 Å². The molecule has 20 heavy (non-hydrogen) atoms. The second-order valence-corrected chi connectivity index (χ2v) is 5.72. The van der Waals surface area contributed by atoms with Crippen LogP contribution < -0.4 is 10.6 Å². The molecule has 0 aliphatic rings. The van der Waals surface area contributed by atoms with E-state index >= 15 is 0 Å². The minimum atomic E-state index is -0.335. The summed E-state index contributed by atoms with van der Waals surface area (Å²) in [7, 11) is 0. The first-order chi connectivity index (χ1) is 9.33. The fourth-order valence-corrected chi connectivity index (χ4v) is 1.56. The normalized spacial score (nSPS) is 11.0. The maximum Gasteiger partial charge on any atom is 0.270 e. The highest BCUT2D eigenvalue weighted by Gasteiger charge is 2.17. The van der Waals surface area contributed by atoms with E-state index in [4.69, 9.17) is 0 Å². The SMILES string of the molecule is CCCCNC(=O)c1cccc(C(=O)NC(C)(C)C)n1. The van der Waals surface area contributed by atoms with Crippen LogP contribution in [0.3, 0.4) is 0 Å². The lowest BCUT2D eigenvalue weighted by atomic mass is 10.1. The molecular formula is C15H23N3O2. The van der Waals surface area contributed by atoms with Crippen molar-refractivity contribution in [2.45, 2.75) is 46.1 Å². The van der Waals surface area contributed by atoms with E-state index in [1.165, 1.54) is 0 Å². The van der Waals surface area contributed by atoms with Gasteiger partial charge in [-0.1, -0.05) is 19.4 Å². The van der Waals surface area contributed by atoms with Gasteiger partial charge in [-0.3, -0.25) is 9.59 Å². The number of nitrogens with one attached hydrogen (secondary N) is 2. The molecule has 0 bridgehead atoms. The zero-order chi connectivity index (χ0) is 15.2. The molecule has 0 spiro atoms. The maximum absolute atomic E-state index is 12.0. The molecule has 0 fully saturated rings. The van der Waals surface area contributed by atoms with Crippen molar-refractivity contribution in [2.75, 3.05) is 6.54 Å². The third-order valence-corrected chi connectivity index (χ3v) is 2.52. The topological polar surface area (TPSA) is 71.1 Å². The Labute approximate surface area is 120 Å². The summed E-state index contributed by atoms with van der Waals surface area (Å²) < 4.78 is 0. The number of rotatable bonds is 5. The number of carbonyl (C=O) groups is 2. The van der Waals surface area contributed by atoms with Crippen LogP contribution >= 0.6 is 0 Å². The molecule has 1 rings (SSSR count). The fourth-order valence-electron chi connectivity index (χ4n) is 1.56. The van der Waals surface area contributed by atoms with Crippen molar-refractivity contribution in [3.63, 3.8) is 0 Å². The third kappa shape index (κ3) is 5.38. The summed E-state index contributed by atoms with van der Waals surface area (Å²) >= 11 is 0. The predicted octanol–water partition coefficient (Wildman–Crippen LogP) is 2.14. The first-order valence-corrected chi connectivity index (χ1v) is 6.91. The highest BCUT2D eigenvalue weighted by atomic mass is 16.2. The van der Waals surface area contributed by atoms with Crippen molar-refractivity contribution in [1.29, 1.82) is 0 Å². The van der Waals surface area contributed by atoms with E-state index in [2.05, 4.69) is 22.5 Å². The zero-order valence-corrected chi connectivity index (χ0v) is 12.6. The highest BCUT2D eigenvalue weighted by molar-refractivity contribution is 5.96. The number of hydrogen-bond donors (Lipinski definition) is 2. The molecule has 2 N–H and O–H groups in total. The Bertz CT molecular complexity index is 478. The average Bonchev–Trinajstić information content (AvgIpc) is 2.37. The summed E-state index contributed by atoms with van der Waals surface area (Å²) in [5.74, 6) is -0.524. The highest BCUT2D eigenvalue weighted by Crippen LogP contribution is 2.04. The van der Waals surface area contributed by atoms with Crippen LogP contribution in [0, 0.1) is 0 Å². The van der Waals surface area contributed by atoms with Gasteiger partial charge in [0.15, 0.2) is 0 Å². The van der Waals surface area contributed by atoms with Crippen LogP contribution in [0.1, 0.15) is 61.5 Å². The van der Waals surface area contributed by atoms with Crippen molar-refractivity contribution < 1.29 is 9.59 Å². The van der Waals surface area contributed by atoms with Crippen molar-refractivity contribution >= 4 is 11.8 Å². The second-order valence-electron chi connectivity index (χ2n) is 5.72. The Kier molecular flexibility index (Phi) is 5.67. The predicted molar refractivity (Wildman–Crippen MR) is 78.7 cm³/mol. The van der Waals surface area contributed by atoms with E-state index in [0.29, 0.717) is 6.54 Å². The molecule has 5 nitrogen and oxygen atoms in total. The zero-order valence-electron chi connectivity index (χ0n) is 12.6. The summed E-state index contributed by atoms with van der Waals surface area (Å²) in [6, 6.07) is 4.87. The van der Waals surface area contributed by atoms with Gasteiger partial charge in [0, 0.05) is 12.1 Å². The Hall–Kier alpha value is -1.91. The van der Waals surface area contributed by atoms with Crippen LogP contribution in [-0.4, -0.2) is 28.9 Å². The Balaban J connectivity index is 2.75. The molecule has 1 aromatic heterocycles. The standard InChI is InChI=1S/C15H23N3O2/c1-5-6-10-16-13(19)11-8-7-9-12(17-11)14(20)18-15(2,3)4/h7-9H,5-6,10H2,1-4H3,(H,16,19)(H,18,20). The first kappa shape index (κ1) is 16.1. The van der Waals surface area contributed by atoms with Gasteiger partial charge in [0.1, 0.15) is 11.4 Å². The van der Waals surface area contributed by atoms with Crippen LogP contribution in [0.15, 0.2) is 18.2 Å². The Morgan fingerprint density at radius 1 is 1.15 bits per heavy atom. The summed E-state index contributed by atoms with van der Waals surface area (Å²) in [6.45, 7) is 8.36. The van der Waals surface area contributed by atoms with E-state index in [1.54, 1.807) is 18.2 Å². The number of carbonyl (C=O) groups excluding carboxylic acids is 2. The van der Waals surface area contributed by atoms with Gasteiger partial charge in [-0.25, -0.2) is 4.98 Å². The molecule has 0 saturated carbocycles. The number of nitrogens with zero attached hydrogens (tertiary/aromatic N) is 1. The van der Waals surface area contributed by atoms with Crippen molar-refractivity contribution in [2.24, 2.45) is 0 Å². The van der Waals surface area contributed by atoms with Crippen molar-refractivity contribution in [1.82, 2.24) is 15.6 Å². The molecule has 1 heterocycles. The molecule has 5 heteroatoms. The van der Waals surface area contributed by atoms with Crippen LogP contribution in [-0.2, 0) is 0 Å². The summed E-state index contributed by atoms with van der Waals surface area (Å²) in [6.07, 6.45) is 1.94. The van der Waals surface area contributed by atoms with Gasteiger partial charge < -0.3 is 10.6 Å². The average molecular weight is 277 g/mol. The molecule has 0 aromatic carbocycles. The molecular weight excluding hydrogens is 254 g/mol. The number of aromatic nitrogens is 1. The molecule has 0 aliphatic carbocycles. The lowest BCUT2D eigenvalue weighted by Crippen LogP contribution is -2.41. The molecule has 0 aliphatic heterocycles. The smallest absolute Gasteiger partial charge is 0.270 e. The summed E-state index contributed by atoms with van der Waals surface area (Å²) in [5, 5.41) is 5.60. The molecule has 110 valence electrons. The number of amides is 2. The van der Waals surface area contributed by atoms with Crippen LogP contribution in [0.4, 0.5) is 0 Å². The van der Waals surface area contributed by atoms with Crippen LogP contribution in [0.25, 0.3) is 0 Å². The van der Waals surface area contributed by atoms with Gasteiger partial charge in [0.05, 0.1) is 0 Å². The summed E-state index contributed by atoms with van der Waals surface area (Å²) in [5.41, 5.74) is 0.184. The Morgan fingerprint density at radius 2 is 1.75 bits per heavy atom. The number of hydrogen-bond acceptors (Lipinski definition) is 3. The largest absolute Gasteiger partial charge is 0.351 e. The molecule has 0 atom stereocenters. The minimum absolute atomic E-state index is 0.246. The van der Waals surface area contributed by atoms with Crippen LogP contribution in [0.5, 0.6) is 0 Å². The first-order valence-electron chi connectivity index (χ1n) is 6.91. The van der Waals surface area contributed by atoms with Gasteiger partial charge in [0.2, 0.25) is 0 Å². The maximum atomic E-state index is 12.0. The van der Waals surface area contributed by atoms with Crippen molar-refractivity contribution in [3.05, 3.63) is 29.6 Å². The minimum Gasteiger partial charge on any atom is -0.351 e. The third-order valence-electron chi connectivity index (χ3n) is 2.52. The van der Waals surface area contributed by atoms with Gasteiger partial charge in [-0.2, -0.15) is 0 Å². The van der Waals surface area contributed by atoms with Gasteiger partial charge in [0.25, 0.3) is 11.8 Å². The lowest BCUT2D eigenvalue weighted by molar-refractivity contribution is 0.0914. The molecule has 0 saturated heterocycles. The van der Waals surface area contributed by atoms with E-state index in [9.17, 15) is 9.59 Å². The number of pyridine rings is 1. The Morgan fingerprint density at radius 3 is 2.30 bits per heavy atom. The van der Waals surface area contributed by atoms with Crippen molar-refractivity contribution in [3.8, 4) is 0 Å². The molecule has 1 aromatic rings. The van der Waals surface area contributed by atoms with Crippen LogP contribution in [0.2, 0.25) is 0 Å². The fraction of sp³-hybridized carbons (Fsp3) is 0.533. The summed E-state index contributed by atoms with van der Waals surface area (Å²) in [4.78, 5) is 28.0.